The van der Waals surface area contributed by atoms with Crippen LogP contribution in [0.5, 0.6) is 0 Å². The molecule has 0 radical (unpaired) electrons. The number of methoxy groups -OCH3 is 2. The summed E-state index contributed by atoms with van der Waals surface area (Å²) in [5, 5.41) is 3.26. The topological polar surface area (TPSA) is 63.7 Å². The number of nitrogens with one attached hydrogen (secondary N) is 1. The smallest absolute Gasteiger partial charge is 0.257 e. The van der Waals surface area contributed by atoms with Crippen LogP contribution in [0.1, 0.15) is 23.7 Å². The summed E-state index contributed by atoms with van der Waals surface area (Å²) in [5.74, 6) is -0.0594. The Bertz CT molecular complexity index is 418. The van der Waals surface area contributed by atoms with Crippen LogP contribution >= 0.6 is 0 Å². The Kier molecular flexibility index (Phi) is 8.38. The van der Waals surface area contributed by atoms with E-state index in [1.165, 1.54) is 0 Å². The van der Waals surface area contributed by atoms with Gasteiger partial charge in [0.1, 0.15) is 0 Å². The molecule has 21 heavy (non-hydrogen) atoms. The highest BCUT2D eigenvalue weighted by atomic mass is 16.5. The molecule has 0 bridgehead atoms. The molecular formula is C15H25N3O3. The minimum Gasteiger partial charge on any atom is -0.384 e. The number of rotatable bonds is 10. The summed E-state index contributed by atoms with van der Waals surface area (Å²) < 4.78 is 10.1. The van der Waals surface area contributed by atoms with Crippen molar-refractivity contribution < 1.29 is 14.3 Å². The Labute approximate surface area is 126 Å². The summed E-state index contributed by atoms with van der Waals surface area (Å²) in [7, 11) is 3.24. The fourth-order valence-corrected chi connectivity index (χ4v) is 1.87. The molecule has 1 aromatic rings. The average molecular weight is 295 g/mol. The first kappa shape index (κ1) is 17.4. The van der Waals surface area contributed by atoms with Gasteiger partial charge in [0.25, 0.3) is 5.91 Å². The lowest BCUT2D eigenvalue weighted by atomic mass is 10.2. The van der Waals surface area contributed by atoms with Gasteiger partial charge in [0.15, 0.2) is 0 Å². The Balaban J connectivity index is 2.85. The van der Waals surface area contributed by atoms with Gasteiger partial charge in [-0.25, -0.2) is 0 Å². The predicted octanol–water partition coefficient (Wildman–Crippen LogP) is 1.64. The zero-order valence-electron chi connectivity index (χ0n) is 13.1. The maximum absolute atomic E-state index is 12.7. The second-order valence-corrected chi connectivity index (χ2v) is 4.63. The number of anilines is 1. The number of carbonyl (C=O) groups excluding carboxylic acids is 1. The summed E-state index contributed by atoms with van der Waals surface area (Å²) in [5.41, 5.74) is 1.40. The van der Waals surface area contributed by atoms with Crippen molar-refractivity contribution in [1.82, 2.24) is 9.88 Å². The molecule has 0 aromatic carbocycles. The molecule has 0 fully saturated rings. The van der Waals surface area contributed by atoms with Gasteiger partial charge in [-0.05, 0) is 12.5 Å². The van der Waals surface area contributed by atoms with Crippen LogP contribution in [-0.4, -0.2) is 62.9 Å². The molecule has 118 valence electrons. The lowest BCUT2D eigenvalue weighted by Gasteiger charge is -2.23. The van der Waals surface area contributed by atoms with Crippen molar-refractivity contribution >= 4 is 11.6 Å². The van der Waals surface area contributed by atoms with Crippen LogP contribution in [0.15, 0.2) is 18.5 Å². The molecule has 0 spiro atoms. The summed E-state index contributed by atoms with van der Waals surface area (Å²) in [6.07, 6.45) is 4.28. The molecule has 6 nitrogen and oxygen atoms in total. The molecule has 1 amide bonds. The molecule has 1 heterocycles. The van der Waals surface area contributed by atoms with E-state index in [1.807, 2.05) is 6.07 Å². The standard InChI is InChI=1S/C15H25N3O3/c1-4-6-17-14-5-7-16-12-13(14)15(19)18(8-10-20-2)9-11-21-3/h5,7,12H,4,6,8-11H2,1-3H3,(H,16,17). The molecule has 6 heteroatoms. The number of aromatic nitrogens is 1. The van der Waals surface area contributed by atoms with E-state index in [-0.39, 0.29) is 5.91 Å². The number of nitrogens with zero attached hydrogens (tertiary/aromatic N) is 2. The number of pyridine rings is 1. The van der Waals surface area contributed by atoms with Gasteiger partial charge >= 0.3 is 0 Å². The van der Waals surface area contributed by atoms with Gasteiger partial charge in [-0.1, -0.05) is 6.92 Å². The minimum atomic E-state index is -0.0594. The molecule has 1 aromatic heterocycles. The molecule has 0 atom stereocenters. The summed E-state index contributed by atoms with van der Waals surface area (Å²) >= 11 is 0. The molecule has 0 saturated heterocycles. The number of hydrogen-bond acceptors (Lipinski definition) is 5. The van der Waals surface area contributed by atoms with E-state index < -0.39 is 0 Å². The Morgan fingerprint density at radius 3 is 2.52 bits per heavy atom. The van der Waals surface area contributed by atoms with Crippen LogP contribution < -0.4 is 5.32 Å². The Morgan fingerprint density at radius 2 is 1.95 bits per heavy atom. The molecule has 0 aliphatic rings. The van der Waals surface area contributed by atoms with E-state index in [2.05, 4.69) is 17.2 Å². The Hall–Kier alpha value is -1.66. The van der Waals surface area contributed by atoms with Gasteiger partial charge in [-0.3, -0.25) is 9.78 Å². The average Bonchev–Trinajstić information content (AvgIpc) is 2.52. The SMILES string of the molecule is CCCNc1ccncc1C(=O)N(CCOC)CCOC. The van der Waals surface area contributed by atoms with Gasteiger partial charge < -0.3 is 19.7 Å². The van der Waals surface area contributed by atoms with Crippen molar-refractivity contribution in [2.75, 3.05) is 52.4 Å². The number of carbonyl (C=O) groups is 1. The Morgan fingerprint density at radius 1 is 1.29 bits per heavy atom. The highest BCUT2D eigenvalue weighted by molar-refractivity contribution is 5.99. The maximum Gasteiger partial charge on any atom is 0.257 e. The second kappa shape index (κ2) is 10.1. The number of ether oxygens (including phenoxy) is 2. The zero-order valence-corrected chi connectivity index (χ0v) is 13.1. The van der Waals surface area contributed by atoms with Crippen LogP contribution in [-0.2, 0) is 9.47 Å². The van der Waals surface area contributed by atoms with Crippen LogP contribution in [0.2, 0.25) is 0 Å². The molecule has 1 N–H and O–H groups in total. The zero-order chi connectivity index (χ0) is 15.5. The van der Waals surface area contributed by atoms with E-state index in [0.717, 1.165) is 18.7 Å². The third-order valence-electron chi connectivity index (χ3n) is 3.03. The van der Waals surface area contributed by atoms with Gasteiger partial charge in [0.2, 0.25) is 0 Å². The largest absolute Gasteiger partial charge is 0.384 e. The van der Waals surface area contributed by atoms with Crippen LogP contribution in [0.25, 0.3) is 0 Å². The fourth-order valence-electron chi connectivity index (χ4n) is 1.87. The van der Waals surface area contributed by atoms with Gasteiger partial charge in [-0.2, -0.15) is 0 Å². The summed E-state index contributed by atoms with van der Waals surface area (Å²) in [4.78, 5) is 18.5. The van der Waals surface area contributed by atoms with Gasteiger partial charge in [-0.15, -0.1) is 0 Å². The fraction of sp³-hybridized carbons (Fsp3) is 0.600. The highest BCUT2D eigenvalue weighted by Gasteiger charge is 2.18. The van der Waals surface area contributed by atoms with Crippen molar-refractivity contribution in [2.24, 2.45) is 0 Å². The van der Waals surface area contributed by atoms with Gasteiger partial charge in [0.05, 0.1) is 24.5 Å². The van der Waals surface area contributed by atoms with Gasteiger partial charge in [0, 0.05) is 46.2 Å². The minimum absolute atomic E-state index is 0.0594. The molecule has 0 saturated carbocycles. The van der Waals surface area contributed by atoms with Crippen LogP contribution in [0.4, 0.5) is 5.69 Å². The van der Waals surface area contributed by atoms with E-state index in [0.29, 0.717) is 31.9 Å². The summed E-state index contributed by atoms with van der Waals surface area (Å²) in [6.45, 7) is 4.95. The third kappa shape index (κ3) is 5.69. The molecular weight excluding hydrogens is 270 g/mol. The van der Waals surface area contributed by atoms with Crippen LogP contribution in [0, 0.1) is 0 Å². The number of amides is 1. The first-order valence-electron chi connectivity index (χ1n) is 7.19. The van der Waals surface area contributed by atoms with Crippen molar-refractivity contribution in [1.29, 1.82) is 0 Å². The van der Waals surface area contributed by atoms with Crippen molar-refractivity contribution in [3.05, 3.63) is 24.0 Å². The number of hydrogen-bond donors (Lipinski definition) is 1. The first-order valence-corrected chi connectivity index (χ1v) is 7.19. The van der Waals surface area contributed by atoms with Crippen molar-refractivity contribution in [2.45, 2.75) is 13.3 Å². The molecule has 0 unspecified atom stereocenters. The quantitative estimate of drug-likeness (QED) is 0.711. The predicted molar refractivity (Wildman–Crippen MR) is 82.7 cm³/mol. The van der Waals surface area contributed by atoms with E-state index in [9.17, 15) is 4.79 Å². The third-order valence-corrected chi connectivity index (χ3v) is 3.03. The van der Waals surface area contributed by atoms with Crippen molar-refractivity contribution in [3.8, 4) is 0 Å². The normalized spacial score (nSPS) is 10.4. The highest BCUT2D eigenvalue weighted by Crippen LogP contribution is 2.16. The monoisotopic (exact) mass is 295 g/mol. The second-order valence-electron chi connectivity index (χ2n) is 4.63. The molecule has 0 aliphatic heterocycles. The van der Waals surface area contributed by atoms with E-state index in [1.54, 1.807) is 31.5 Å². The molecule has 0 aliphatic carbocycles. The summed E-state index contributed by atoms with van der Waals surface area (Å²) in [6, 6.07) is 1.83. The van der Waals surface area contributed by atoms with E-state index >= 15 is 0 Å². The van der Waals surface area contributed by atoms with Crippen molar-refractivity contribution in [3.63, 3.8) is 0 Å². The lowest BCUT2D eigenvalue weighted by molar-refractivity contribution is 0.0628. The maximum atomic E-state index is 12.7. The van der Waals surface area contributed by atoms with E-state index in [4.69, 9.17) is 9.47 Å². The molecule has 1 rings (SSSR count). The lowest BCUT2D eigenvalue weighted by Crippen LogP contribution is -2.37. The van der Waals surface area contributed by atoms with Crippen LogP contribution in [0.3, 0.4) is 0 Å². The first-order chi connectivity index (χ1) is 10.2.